The number of aliphatic hydroxyl groups is 1. The average Bonchev–Trinajstić information content (AvgIpc) is 3.07. The maximum absolute atomic E-state index is 12.9. The van der Waals surface area contributed by atoms with Crippen LogP contribution in [0.25, 0.3) is 0 Å². The highest BCUT2D eigenvalue weighted by molar-refractivity contribution is 5.84. The lowest BCUT2D eigenvalue weighted by Crippen LogP contribution is -2.36. The van der Waals surface area contributed by atoms with Crippen molar-refractivity contribution in [3.05, 3.63) is 64.1 Å². The highest BCUT2D eigenvalue weighted by Crippen LogP contribution is 2.33. The largest absolute Gasteiger partial charge is 0.395 e. The van der Waals surface area contributed by atoms with Crippen LogP contribution in [0.4, 0.5) is 0 Å². The van der Waals surface area contributed by atoms with Gasteiger partial charge in [0.15, 0.2) is 0 Å². The molecule has 1 aromatic carbocycles. The highest BCUT2D eigenvalue weighted by Gasteiger charge is 2.35. The fourth-order valence-electron chi connectivity index (χ4n) is 3.09. The number of rotatable bonds is 4. The van der Waals surface area contributed by atoms with Gasteiger partial charge >= 0.3 is 0 Å². The minimum atomic E-state index is -0.570. The molecule has 2 N–H and O–H groups in total. The fraction of sp³-hybridized carbons (Fsp3) is 0.353. The molecule has 1 aromatic heterocycles. The number of nitrogens with one attached hydrogen (secondary N) is 1. The number of likely N-dealkylation sites (tertiary alicyclic amines) is 1. The van der Waals surface area contributed by atoms with Gasteiger partial charge in [-0.2, -0.15) is 5.10 Å². The van der Waals surface area contributed by atoms with Gasteiger partial charge in [-0.15, -0.1) is 0 Å². The molecule has 0 bridgehead atoms. The molecule has 0 saturated carbocycles. The van der Waals surface area contributed by atoms with E-state index in [1.54, 1.807) is 11.0 Å². The van der Waals surface area contributed by atoms with E-state index in [4.69, 9.17) is 0 Å². The number of carbonyl (C=O) groups is 1. The van der Waals surface area contributed by atoms with Gasteiger partial charge in [0.1, 0.15) is 0 Å². The second-order valence-corrected chi connectivity index (χ2v) is 5.68. The molecular weight excluding hydrogens is 294 g/mol. The molecule has 2 aromatic rings. The Labute approximate surface area is 133 Å². The van der Waals surface area contributed by atoms with Gasteiger partial charge in [-0.3, -0.25) is 9.59 Å². The van der Waals surface area contributed by atoms with Crippen molar-refractivity contribution in [3.63, 3.8) is 0 Å². The van der Waals surface area contributed by atoms with E-state index in [0.717, 1.165) is 18.4 Å². The lowest BCUT2D eigenvalue weighted by Gasteiger charge is -2.28. The van der Waals surface area contributed by atoms with Gasteiger partial charge < -0.3 is 10.0 Å². The molecule has 0 radical (unpaired) electrons. The van der Waals surface area contributed by atoms with Gasteiger partial charge in [0, 0.05) is 12.6 Å². The zero-order valence-electron chi connectivity index (χ0n) is 12.7. The molecule has 0 aliphatic carbocycles. The van der Waals surface area contributed by atoms with E-state index in [-0.39, 0.29) is 24.1 Å². The number of aliphatic hydroxyl groups excluding tert-OH is 1. The first-order chi connectivity index (χ1) is 11.2. The first-order valence-corrected chi connectivity index (χ1v) is 7.72. The molecule has 23 heavy (non-hydrogen) atoms. The predicted molar refractivity (Wildman–Crippen MR) is 84.8 cm³/mol. The second kappa shape index (κ2) is 6.75. The van der Waals surface area contributed by atoms with Crippen LogP contribution >= 0.6 is 0 Å². The van der Waals surface area contributed by atoms with Crippen LogP contribution < -0.4 is 5.56 Å². The molecule has 2 heterocycles. The van der Waals surface area contributed by atoms with E-state index in [1.807, 2.05) is 30.3 Å². The molecular formula is C17H19N3O3. The Morgan fingerprint density at radius 1 is 1.30 bits per heavy atom. The van der Waals surface area contributed by atoms with Crippen LogP contribution in [0.5, 0.6) is 0 Å². The highest BCUT2D eigenvalue weighted by atomic mass is 16.3. The SMILES string of the molecule is O=C(C(CO)c1ccccc1)N1CCCC1c1ccc(=O)[nH]n1. The Balaban J connectivity index is 1.85. The van der Waals surface area contributed by atoms with Crippen LogP contribution in [0.15, 0.2) is 47.3 Å². The van der Waals surface area contributed by atoms with E-state index in [0.29, 0.717) is 12.2 Å². The van der Waals surface area contributed by atoms with Crippen molar-refractivity contribution in [3.8, 4) is 0 Å². The fourth-order valence-corrected chi connectivity index (χ4v) is 3.09. The van der Waals surface area contributed by atoms with E-state index < -0.39 is 5.92 Å². The van der Waals surface area contributed by atoms with Gasteiger partial charge in [-0.1, -0.05) is 30.3 Å². The number of nitrogens with zero attached hydrogens (tertiary/aromatic N) is 2. The van der Waals surface area contributed by atoms with Crippen molar-refractivity contribution in [1.29, 1.82) is 0 Å². The Morgan fingerprint density at radius 3 is 2.74 bits per heavy atom. The van der Waals surface area contributed by atoms with Crippen LogP contribution in [0.3, 0.4) is 0 Å². The van der Waals surface area contributed by atoms with E-state index in [1.165, 1.54) is 6.07 Å². The third-order valence-corrected chi connectivity index (χ3v) is 4.26. The molecule has 0 spiro atoms. The van der Waals surface area contributed by atoms with Crippen molar-refractivity contribution in [1.82, 2.24) is 15.1 Å². The summed E-state index contributed by atoms with van der Waals surface area (Å²) in [6.07, 6.45) is 1.68. The molecule has 2 atom stereocenters. The zero-order chi connectivity index (χ0) is 16.2. The summed E-state index contributed by atoms with van der Waals surface area (Å²) in [5, 5.41) is 16.2. The number of hydrogen-bond acceptors (Lipinski definition) is 4. The Hall–Kier alpha value is -2.47. The van der Waals surface area contributed by atoms with E-state index in [2.05, 4.69) is 10.2 Å². The Kier molecular flexibility index (Phi) is 4.52. The lowest BCUT2D eigenvalue weighted by atomic mass is 9.98. The first-order valence-electron chi connectivity index (χ1n) is 7.72. The summed E-state index contributed by atoms with van der Waals surface area (Å²) >= 11 is 0. The quantitative estimate of drug-likeness (QED) is 0.888. The number of amides is 1. The third-order valence-electron chi connectivity index (χ3n) is 4.26. The van der Waals surface area contributed by atoms with Crippen molar-refractivity contribution < 1.29 is 9.90 Å². The number of aromatic amines is 1. The standard InChI is InChI=1S/C17H19N3O3/c21-11-13(12-5-2-1-3-6-12)17(23)20-10-4-7-15(20)14-8-9-16(22)19-18-14/h1-3,5-6,8-9,13,15,21H,4,7,10-11H2,(H,19,22). The molecule has 1 amide bonds. The predicted octanol–water partition coefficient (Wildman–Crippen LogP) is 1.21. The smallest absolute Gasteiger partial charge is 0.264 e. The van der Waals surface area contributed by atoms with Crippen LogP contribution in [-0.4, -0.2) is 39.3 Å². The molecule has 6 nitrogen and oxygen atoms in total. The molecule has 3 rings (SSSR count). The number of benzene rings is 1. The lowest BCUT2D eigenvalue weighted by molar-refractivity contribution is -0.134. The van der Waals surface area contributed by atoms with Crippen LogP contribution in [-0.2, 0) is 4.79 Å². The maximum atomic E-state index is 12.9. The van der Waals surface area contributed by atoms with Gasteiger partial charge in [0.2, 0.25) is 5.91 Å². The number of aromatic nitrogens is 2. The van der Waals surface area contributed by atoms with Crippen LogP contribution in [0.2, 0.25) is 0 Å². The normalized spacial score (nSPS) is 18.8. The average molecular weight is 313 g/mol. The topological polar surface area (TPSA) is 86.3 Å². The minimum Gasteiger partial charge on any atom is -0.395 e. The zero-order valence-corrected chi connectivity index (χ0v) is 12.7. The molecule has 1 aliphatic rings. The monoisotopic (exact) mass is 313 g/mol. The molecule has 1 saturated heterocycles. The molecule has 120 valence electrons. The number of H-pyrrole nitrogens is 1. The van der Waals surface area contributed by atoms with E-state index in [9.17, 15) is 14.7 Å². The van der Waals surface area contributed by atoms with Crippen molar-refractivity contribution >= 4 is 5.91 Å². The number of carbonyl (C=O) groups excluding carboxylic acids is 1. The molecule has 1 fully saturated rings. The summed E-state index contributed by atoms with van der Waals surface area (Å²) in [6, 6.07) is 12.2. The summed E-state index contributed by atoms with van der Waals surface area (Å²) < 4.78 is 0. The summed E-state index contributed by atoms with van der Waals surface area (Å²) in [5.74, 6) is -0.672. The van der Waals surface area contributed by atoms with Gasteiger partial charge in [0.05, 0.1) is 24.3 Å². The summed E-state index contributed by atoms with van der Waals surface area (Å²) in [4.78, 5) is 25.8. The van der Waals surface area contributed by atoms with Crippen molar-refractivity contribution in [2.75, 3.05) is 13.2 Å². The van der Waals surface area contributed by atoms with E-state index >= 15 is 0 Å². The minimum absolute atomic E-state index is 0.103. The molecule has 2 unspecified atom stereocenters. The van der Waals surface area contributed by atoms with Crippen LogP contribution in [0.1, 0.15) is 36.1 Å². The molecule has 1 aliphatic heterocycles. The van der Waals surface area contributed by atoms with Gasteiger partial charge in [-0.25, -0.2) is 5.10 Å². The maximum Gasteiger partial charge on any atom is 0.264 e. The Bertz CT molecular complexity index is 709. The number of hydrogen-bond donors (Lipinski definition) is 2. The summed E-state index contributed by atoms with van der Waals surface area (Å²) in [6.45, 7) is 0.402. The Morgan fingerprint density at radius 2 is 2.09 bits per heavy atom. The molecule has 6 heteroatoms. The van der Waals surface area contributed by atoms with Crippen LogP contribution in [0, 0.1) is 0 Å². The van der Waals surface area contributed by atoms with Gasteiger partial charge in [-0.05, 0) is 24.5 Å². The van der Waals surface area contributed by atoms with Crippen molar-refractivity contribution in [2.24, 2.45) is 0 Å². The second-order valence-electron chi connectivity index (χ2n) is 5.68. The third kappa shape index (κ3) is 3.17. The summed E-state index contributed by atoms with van der Waals surface area (Å²) in [5.41, 5.74) is 1.22. The first kappa shape index (κ1) is 15.4. The van der Waals surface area contributed by atoms with Crippen molar-refractivity contribution in [2.45, 2.75) is 24.8 Å². The van der Waals surface area contributed by atoms with Gasteiger partial charge in [0.25, 0.3) is 5.56 Å². The summed E-state index contributed by atoms with van der Waals surface area (Å²) in [7, 11) is 0.